The average Bonchev–Trinajstić information content (AvgIpc) is 2.52. The Morgan fingerprint density at radius 2 is 2.10 bits per heavy atom. The maximum absolute atomic E-state index is 11.5. The third-order valence-electron chi connectivity index (χ3n) is 2.97. The van der Waals surface area contributed by atoms with Crippen LogP contribution in [0, 0.1) is 11.3 Å². The number of hydrogen-bond acceptors (Lipinski definition) is 4. The summed E-state index contributed by atoms with van der Waals surface area (Å²) in [5, 5.41) is 12.7. The first-order chi connectivity index (χ1) is 10.3. The number of rotatable bonds is 6. The highest BCUT2D eigenvalue weighted by molar-refractivity contribution is 6.00. The molecule has 0 bridgehead atoms. The molecule has 21 heavy (non-hydrogen) atoms. The molecule has 5 nitrogen and oxygen atoms in total. The lowest BCUT2D eigenvalue weighted by atomic mass is 10.0. The third kappa shape index (κ3) is 3.57. The molecule has 0 atom stereocenters. The van der Waals surface area contributed by atoms with Gasteiger partial charge in [0, 0.05) is 6.54 Å². The van der Waals surface area contributed by atoms with Crippen LogP contribution in [0.5, 0.6) is 5.75 Å². The monoisotopic (exact) mass is 282 g/mol. The summed E-state index contributed by atoms with van der Waals surface area (Å²) in [5.41, 5.74) is 0.429. The summed E-state index contributed by atoms with van der Waals surface area (Å²) in [5.74, 6) is 0.0504. The molecule has 0 saturated heterocycles. The summed E-state index contributed by atoms with van der Waals surface area (Å²) in [6.45, 7) is 0.0988. The number of hydrogen-bond donors (Lipinski definition) is 1. The highest BCUT2D eigenvalue weighted by Crippen LogP contribution is 2.26. The van der Waals surface area contributed by atoms with Crippen molar-refractivity contribution in [1.82, 2.24) is 5.32 Å². The third-order valence-corrected chi connectivity index (χ3v) is 2.97. The maximum Gasteiger partial charge on any atom is 0.257 e. The molecule has 1 amide bonds. The lowest BCUT2D eigenvalue weighted by Gasteiger charge is -2.10. The van der Waals surface area contributed by atoms with Gasteiger partial charge in [0.1, 0.15) is 5.75 Å². The van der Waals surface area contributed by atoms with Gasteiger partial charge in [0.25, 0.3) is 5.91 Å². The fourth-order valence-corrected chi connectivity index (χ4v) is 1.98. The molecule has 0 aliphatic heterocycles. The Bertz CT molecular complexity index is 704. The van der Waals surface area contributed by atoms with Crippen LogP contribution in [0.25, 0.3) is 10.8 Å². The summed E-state index contributed by atoms with van der Waals surface area (Å²) in [6.07, 6.45) is 0.979. The number of carbonyl (C=O) groups excluding carboxylic acids is 2. The summed E-state index contributed by atoms with van der Waals surface area (Å²) in [4.78, 5) is 22.8. The number of fused-ring (bicyclic) bond motifs is 1. The molecule has 0 aliphatic rings. The predicted molar refractivity (Wildman–Crippen MR) is 78.1 cm³/mol. The zero-order valence-corrected chi connectivity index (χ0v) is 11.3. The van der Waals surface area contributed by atoms with Gasteiger partial charge in [-0.25, -0.2) is 0 Å². The van der Waals surface area contributed by atoms with Crippen molar-refractivity contribution in [3.05, 3.63) is 42.0 Å². The van der Waals surface area contributed by atoms with E-state index in [-0.39, 0.29) is 25.5 Å². The molecular weight excluding hydrogens is 268 g/mol. The molecule has 0 fully saturated rings. The van der Waals surface area contributed by atoms with Gasteiger partial charge in [-0.15, -0.1) is 0 Å². The van der Waals surface area contributed by atoms with Crippen LogP contribution >= 0.6 is 0 Å². The van der Waals surface area contributed by atoms with Gasteiger partial charge in [-0.05, 0) is 16.8 Å². The smallest absolute Gasteiger partial charge is 0.257 e. The predicted octanol–water partition coefficient (Wildman–Crippen LogP) is 2.06. The number of ether oxygens (including phenoxy) is 1. The van der Waals surface area contributed by atoms with Crippen LogP contribution in [0.4, 0.5) is 0 Å². The van der Waals surface area contributed by atoms with Crippen molar-refractivity contribution in [2.75, 3.05) is 13.2 Å². The Morgan fingerprint density at radius 3 is 2.86 bits per heavy atom. The molecule has 2 rings (SSSR count). The lowest BCUT2D eigenvalue weighted by Crippen LogP contribution is -2.29. The highest BCUT2D eigenvalue weighted by Gasteiger charge is 2.09. The van der Waals surface area contributed by atoms with Gasteiger partial charge in [0.15, 0.2) is 12.9 Å². The molecular formula is C16H14N2O3. The first kappa shape index (κ1) is 14.5. The van der Waals surface area contributed by atoms with E-state index in [1.54, 1.807) is 6.07 Å². The van der Waals surface area contributed by atoms with E-state index < -0.39 is 0 Å². The minimum absolute atomic E-state index is 0.190. The molecule has 0 radical (unpaired) electrons. The molecule has 0 unspecified atom stereocenters. The standard InChI is InChI=1S/C16H14N2O3/c17-8-3-9-18-16(20)11-21-15-7-6-12-4-1-2-5-13(12)14(15)10-19/h1-2,4-7,10H,3,9,11H2,(H,18,20). The van der Waals surface area contributed by atoms with E-state index >= 15 is 0 Å². The normalized spacial score (nSPS) is 9.86. The number of amides is 1. The largest absolute Gasteiger partial charge is 0.483 e. The van der Waals surface area contributed by atoms with Crippen molar-refractivity contribution in [2.45, 2.75) is 6.42 Å². The quantitative estimate of drug-likeness (QED) is 0.649. The van der Waals surface area contributed by atoms with Gasteiger partial charge in [0.2, 0.25) is 0 Å². The van der Waals surface area contributed by atoms with Crippen molar-refractivity contribution in [2.24, 2.45) is 0 Å². The van der Waals surface area contributed by atoms with E-state index in [0.717, 1.165) is 17.1 Å². The number of aldehydes is 1. The fraction of sp³-hybridized carbons (Fsp3) is 0.188. The highest BCUT2D eigenvalue weighted by atomic mass is 16.5. The number of benzene rings is 2. The van der Waals surface area contributed by atoms with Gasteiger partial charge in [-0.1, -0.05) is 30.3 Å². The van der Waals surface area contributed by atoms with E-state index in [9.17, 15) is 9.59 Å². The van der Waals surface area contributed by atoms with Crippen molar-refractivity contribution in [3.63, 3.8) is 0 Å². The minimum Gasteiger partial charge on any atom is -0.483 e. The molecule has 0 aliphatic carbocycles. The van der Waals surface area contributed by atoms with Gasteiger partial charge in [0.05, 0.1) is 18.1 Å². The van der Waals surface area contributed by atoms with Crippen LogP contribution in [0.15, 0.2) is 36.4 Å². The van der Waals surface area contributed by atoms with Crippen molar-refractivity contribution in [1.29, 1.82) is 5.26 Å². The van der Waals surface area contributed by atoms with Crippen molar-refractivity contribution in [3.8, 4) is 11.8 Å². The Hall–Kier alpha value is -2.87. The van der Waals surface area contributed by atoms with E-state index in [2.05, 4.69) is 5.32 Å². The lowest BCUT2D eigenvalue weighted by molar-refractivity contribution is -0.123. The number of nitrogens with one attached hydrogen (secondary N) is 1. The first-order valence-electron chi connectivity index (χ1n) is 6.49. The Labute approximate surface area is 122 Å². The van der Waals surface area contributed by atoms with Crippen molar-refractivity contribution < 1.29 is 14.3 Å². The molecule has 0 heterocycles. The Kier molecular flexibility index (Phi) is 4.89. The first-order valence-corrected chi connectivity index (χ1v) is 6.49. The summed E-state index contributed by atoms with van der Waals surface area (Å²) >= 11 is 0. The molecule has 5 heteroatoms. The number of carbonyl (C=O) groups is 2. The molecule has 0 saturated carbocycles. The van der Waals surface area contributed by atoms with Crippen molar-refractivity contribution >= 4 is 23.0 Å². The molecule has 106 valence electrons. The van der Waals surface area contributed by atoms with Crippen LogP contribution in [-0.2, 0) is 4.79 Å². The van der Waals surface area contributed by atoms with Crippen LogP contribution in [-0.4, -0.2) is 25.3 Å². The summed E-state index contributed by atoms with van der Waals surface area (Å²) in [7, 11) is 0. The van der Waals surface area contributed by atoms with E-state index in [1.807, 2.05) is 36.4 Å². The van der Waals surface area contributed by atoms with E-state index in [1.165, 1.54) is 0 Å². The minimum atomic E-state index is -0.324. The zero-order chi connectivity index (χ0) is 15.1. The topological polar surface area (TPSA) is 79.2 Å². The maximum atomic E-state index is 11.5. The number of nitrogens with zero attached hydrogens (tertiary/aromatic N) is 1. The second-order valence-electron chi connectivity index (χ2n) is 4.36. The molecule has 0 aromatic heterocycles. The zero-order valence-electron chi connectivity index (χ0n) is 11.3. The average molecular weight is 282 g/mol. The Morgan fingerprint density at radius 1 is 1.29 bits per heavy atom. The SMILES string of the molecule is N#CCCNC(=O)COc1ccc2ccccc2c1C=O. The van der Waals surface area contributed by atoms with E-state index in [0.29, 0.717) is 11.3 Å². The molecule has 0 spiro atoms. The summed E-state index contributed by atoms with van der Waals surface area (Å²) in [6, 6.07) is 12.9. The second kappa shape index (κ2) is 7.06. The van der Waals surface area contributed by atoms with Crippen LogP contribution in [0.1, 0.15) is 16.8 Å². The molecule has 1 N–H and O–H groups in total. The number of nitriles is 1. The Balaban J connectivity index is 2.10. The van der Waals surface area contributed by atoms with Crippen LogP contribution < -0.4 is 10.1 Å². The second-order valence-corrected chi connectivity index (χ2v) is 4.36. The van der Waals surface area contributed by atoms with Crippen LogP contribution in [0.2, 0.25) is 0 Å². The van der Waals surface area contributed by atoms with E-state index in [4.69, 9.17) is 10.00 Å². The fourth-order valence-electron chi connectivity index (χ4n) is 1.98. The molecule has 2 aromatic rings. The molecule has 2 aromatic carbocycles. The van der Waals surface area contributed by atoms with Gasteiger partial charge in [-0.2, -0.15) is 5.26 Å². The van der Waals surface area contributed by atoms with Crippen LogP contribution in [0.3, 0.4) is 0 Å². The van der Waals surface area contributed by atoms with Gasteiger partial charge in [-0.3, -0.25) is 9.59 Å². The van der Waals surface area contributed by atoms with Gasteiger partial charge < -0.3 is 10.1 Å². The summed E-state index contributed by atoms with van der Waals surface area (Å²) < 4.78 is 5.40. The van der Waals surface area contributed by atoms with Gasteiger partial charge >= 0.3 is 0 Å².